The molecule has 174 valence electrons. The molecule has 34 heavy (non-hydrogen) atoms. The summed E-state index contributed by atoms with van der Waals surface area (Å²) in [6.45, 7) is 3.03. The Kier molecular flexibility index (Phi) is 5.70. The Hall–Kier alpha value is -3.85. The van der Waals surface area contributed by atoms with Crippen LogP contribution in [0.4, 0.5) is 10.2 Å². The highest BCUT2D eigenvalue weighted by Crippen LogP contribution is 2.31. The largest absolute Gasteiger partial charge is 0.382 e. The number of likely N-dealkylation sites (N-methyl/N-ethyl adjacent to an activating group) is 1. The predicted molar refractivity (Wildman–Crippen MR) is 128 cm³/mol. The lowest BCUT2D eigenvalue weighted by atomic mass is 10.0. The fourth-order valence-electron chi connectivity index (χ4n) is 4.42. The summed E-state index contributed by atoms with van der Waals surface area (Å²) >= 11 is 0. The zero-order chi connectivity index (χ0) is 23.8. The third-order valence-electron chi connectivity index (χ3n) is 6.31. The van der Waals surface area contributed by atoms with Gasteiger partial charge in [0.2, 0.25) is 5.91 Å². The van der Waals surface area contributed by atoms with Gasteiger partial charge in [-0.05, 0) is 57.6 Å². The maximum absolute atomic E-state index is 14.0. The second-order valence-corrected chi connectivity index (χ2v) is 8.67. The summed E-state index contributed by atoms with van der Waals surface area (Å²) in [5.41, 5.74) is 10.9. The molecule has 9 heteroatoms. The van der Waals surface area contributed by atoms with Gasteiger partial charge < -0.3 is 15.5 Å². The van der Waals surface area contributed by atoms with Gasteiger partial charge in [-0.1, -0.05) is 12.1 Å². The van der Waals surface area contributed by atoms with Crippen molar-refractivity contribution < 1.29 is 9.18 Å². The van der Waals surface area contributed by atoms with Gasteiger partial charge in [0.15, 0.2) is 0 Å². The number of imidazole rings is 1. The number of likely N-dealkylation sites (tertiary alicyclic amines) is 1. The summed E-state index contributed by atoms with van der Waals surface area (Å²) in [4.78, 5) is 28.5. The van der Waals surface area contributed by atoms with Crippen LogP contribution in [0.1, 0.15) is 24.2 Å². The zero-order valence-corrected chi connectivity index (χ0v) is 19.1. The molecule has 0 bridgehead atoms. The van der Waals surface area contributed by atoms with E-state index in [4.69, 9.17) is 10.7 Å². The second-order valence-electron chi connectivity index (χ2n) is 8.67. The van der Waals surface area contributed by atoms with Crippen LogP contribution >= 0.6 is 0 Å². The van der Waals surface area contributed by atoms with Crippen LogP contribution in [0.2, 0.25) is 0 Å². The maximum Gasteiger partial charge on any atom is 0.237 e. The number of nitrogens with two attached hydrogens (primary N) is 1. The molecule has 0 radical (unpaired) electrons. The van der Waals surface area contributed by atoms with E-state index in [1.54, 1.807) is 18.3 Å². The Bertz CT molecular complexity index is 1380. The van der Waals surface area contributed by atoms with Crippen LogP contribution < -0.4 is 11.1 Å². The number of nitrogen functional groups attached to an aromatic ring is 1. The zero-order valence-electron chi connectivity index (χ0n) is 19.1. The molecule has 1 saturated heterocycles. The first-order valence-electron chi connectivity index (χ1n) is 11.2. The molecule has 3 N–H and O–H groups in total. The van der Waals surface area contributed by atoms with Gasteiger partial charge in [-0.3, -0.25) is 9.69 Å². The number of nitrogens with zero attached hydrogens (tertiary/aromatic N) is 5. The van der Waals surface area contributed by atoms with Gasteiger partial charge in [0.1, 0.15) is 23.0 Å². The molecule has 0 aliphatic carbocycles. The van der Waals surface area contributed by atoms with E-state index in [0.717, 1.165) is 36.3 Å². The Morgan fingerprint density at radius 2 is 2.03 bits per heavy atom. The molecule has 1 aliphatic rings. The number of aromatic nitrogens is 4. The molecular formula is C25H26FN7O. The highest BCUT2D eigenvalue weighted by atomic mass is 19.1. The van der Waals surface area contributed by atoms with Gasteiger partial charge >= 0.3 is 0 Å². The van der Waals surface area contributed by atoms with Crippen molar-refractivity contribution in [3.05, 3.63) is 66.0 Å². The number of rotatable bonds is 5. The number of carbonyl (C=O) groups is 1. The van der Waals surface area contributed by atoms with Crippen molar-refractivity contribution in [2.45, 2.75) is 32.4 Å². The quantitative estimate of drug-likeness (QED) is 0.475. The molecule has 0 unspecified atom stereocenters. The summed E-state index contributed by atoms with van der Waals surface area (Å²) < 4.78 is 16.0. The van der Waals surface area contributed by atoms with Gasteiger partial charge in [0, 0.05) is 29.2 Å². The van der Waals surface area contributed by atoms with E-state index in [1.807, 2.05) is 41.6 Å². The molecule has 4 heterocycles. The Labute approximate surface area is 196 Å². The number of hydrogen-bond donors (Lipinski definition) is 2. The van der Waals surface area contributed by atoms with Crippen LogP contribution in [0, 0.1) is 12.7 Å². The number of carbonyl (C=O) groups excluding carboxylic acids is 1. The fourth-order valence-corrected chi connectivity index (χ4v) is 4.42. The lowest BCUT2D eigenvalue weighted by Gasteiger charge is -2.19. The molecule has 0 spiro atoms. The standard InChI is InChI=1S/C25H26FN7O/c1-15-12-28-21-9-8-17(14-33(15)21)23-22(16-5-3-6-18(26)11-16)31-24(27)19(30-23)13-29-25(34)20-7-4-10-32(20)2/h3,5-6,8-9,11-12,14,20H,4,7,10,13H2,1-2H3,(H2,27,31)(H,29,34)/t20-/m1/s1. The molecule has 8 nitrogen and oxygen atoms in total. The van der Waals surface area contributed by atoms with Crippen LogP contribution in [-0.4, -0.2) is 49.8 Å². The number of pyridine rings is 1. The Balaban J connectivity index is 1.56. The van der Waals surface area contributed by atoms with E-state index < -0.39 is 0 Å². The number of aryl methyl sites for hydroxylation is 1. The van der Waals surface area contributed by atoms with E-state index in [2.05, 4.69) is 15.3 Å². The van der Waals surface area contributed by atoms with Crippen molar-refractivity contribution in [3.63, 3.8) is 0 Å². The molecule has 1 aromatic carbocycles. The molecule has 0 saturated carbocycles. The minimum absolute atomic E-state index is 0.0487. The number of amides is 1. The Morgan fingerprint density at radius 3 is 2.79 bits per heavy atom. The topological polar surface area (TPSA) is 101 Å². The highest BCUT2D eigenvalue weighted by molar-refractivity contribution is 5.82. The molecule has 5 rings (SSSR count). The first-order valence-corrected chi connectivity index (χ1v) is 11.2. The van der Waals surface area contributed by atoms with E-state index in [9.17, 15) is 9.18 Å². The summed E-state index contributed by atoms with van der Waals surface area (Å²) in [7, 11) is 1.95. The van der Waals surface area contributed by atoms with Gasteiger partial charge in [0.25, 0.3) is 0 Å². The lowest BCUT2D eigenvalue weighted by Crippen LogP contribution is -2.41. The van der Waals surface area contributed by atoms with Crippen molar-refractivity contribution in [2.24, 2.45) is 0 Å². The van der Waals surface area contributed by atoms with E-state index >= 15 is 0 Å². The van der Waals surface area contributed by atoms with Gasteiger partial charge in [-0.15, -0.1) is 0 Å². The normalized spacial score (nSPS) is 16.3. The van der Waals surface area contributed by atoms with E-state index in [1.165, 1.54) is 12.1 Å². The minimum atomic E-state index is -0.373. The molecule has 1 amide bonds. The number of anilines is 1. The summed E-state index contributed by atoms with van der Waals surface area (Å²) in [6, 6.07) is 9.84. The Morgan fingerprint density at radius 1 is 1.21 bits per heavy atom. The maximum atomic E-state index is 14.0. The monoisotopic (exact) mass is 459 g/mol. The van der Waals surface area contributed by atoms with Crippen molar-refractivity contribution in [1.82, 2.24) is 29.6 Å². The van der Waals surface area contributed by atoms with Crippen molar-refractivity contribution in [2.75, 3.05) is 19.3 Å². The molecule has 1 atom stereocenters. The third-order valence-corrected chi connectivity index (χ3v) is 6.31. The number of hydrogen-bond acceptors (Lipinski definition) is 6. The predicted octanol–water partition coefficient (Wildman–Crippen LogP) is 3.20. The summed E-state index contributed by atoms with van der Waals surface area (Å²) in [5.74, 6) is -0.225. The summed E-state index contributed by atoms with van der Waals surface area (Å²) in [6.07, 6.45) is 5.55. The van der Waals surface area contributed by atoms with Crippen LogP contribution in [0.25, 0.3) is 28.2 Å². The second kappa shape index (κ2) is 8.83. The molecule has 4 aromatic rings. The van der Waals surface area contributed by atoms with Gasteiger partial charge in [-0.25, -0.2) is 19.3 Å². The average molecular weight is 460 g/mol. The highest BCUT2D eigenvalue weighted by Gasteiger charge is 2.27. The van der Waals surface area contributed by atoms with Crippen LogP contribution in [0.5, 0.6) is 0 Å². The average Bonchev–Trinajstić information content (AvgIpc) is 3.43. The molecule has 3 aromatic heterocycles. The van der Waals surface area contributed by atoms with Crippen molar-refractivity contribution in [3.8, 4) is 22.5 Å². The first kappa shape index (κ1) is 22.0. The van der Waals surface area contributed by atoms with E-state index in [-0.39, 0.29) is 30.1 Å². The number of benzene rings is 1. The molecule has 1 fully saturated rings. The van der Waals surface area contributed by atoms with Crippen LogP contribution in [0.3, 0.4) is 0 Å². The van der Waals surface area contributed by atoms with Crippen LogP contribution in [-0.2, 0) is 11.3 Å². The van der Waals surface area contributed by atoms with E-state index in [0.29, 0.717) is 22.6 Å². The van der Waals surface area contributed by atoms with Crippen molar-refractivity contribution in [1.29, 1.82) is 0 Å². The SMILES string of the molecule is Cc1cnc2ccc(-c3nc(CNC(=O)[C@H]4CCCN4C)c(N)nc3-c3cccc(F)c3)cn12. The minimum Gasteiger partial charge on any atom is -0.382 e. The molecule has 1 aliphatic heterocycles. The van der Waals surface area contributed by atoms with Gasteiger partial charge in [0.05, 0.1) is 24.0 Å². The number of nitrogens with one attached hydrogen (secondary N) is 1. The molecular weight excluding hydrogens is 433 g/mol. The smallest absolute Gasteiger partial charge is 0.237 e. The van der Waals surface area contributed by atoms with Crippen LogP contribution in [0.15, 0.2) is 48.8 Å². The fraction of sp³-hybridized carbons (Fsp3) is 0.280. The van der Waals surface area contributed by atoms with Gasteiger partial charge in [-0.2, -0.15) is 0 Å². The number of halogens is 1. The first-order chi connectivity index (χ1) is 16.4. The van der Waals surface area contributed by atoms with Crippen molar-refractivity contribution >= 4 is 17.4 Å². The number of fused-ring (bicyclic) bond motifs is 1. The third kappa shape index (κ3) is 4.10. The summed E-state index contributed by atoms with van der Waals surface area (Å²) in [5, 5.41) is 2.96. The lowest BCUT2D eigenvalue weighted by molar-refractivity contribution is -0.125.